The zero-order valence-corrected chi connectivity index (χ0v) is 21.5. The Balaban J connectivity index is 1.89. The van der Waals surface area contributed by atoms with Crippen molar-refractivity contribution in [2.24, 2.45) is 4.99 Å². The Morgan fingerprint density at radius 2 is 1.83 bits per heavy atom. The topological polar surface area (TPSA) is 96.2 Å². The van der Waals surface area contributed by atoms with E-state index in [0.717, 1.165) is 11.1 Å². The molecular weight excluding hydrogens is 480 g/mol. The average molecular weight is 507 g/mol. The van der Waals surface area contributed by atoms with Gasteiger partial charge >= 0.3 is 11.9 Å². The molecule has 186 valence electrons. The van der Waals surface area contributed by atoms with E-state index in [1.807, 2.05) is 31.2 Å². The molecular formula is C27H26N2O6S. The summed E-state index contributed by atoms with van der Waals surface area (Å²) < 4.78 is 17.8. The first-order valence-corrected chi connectivity index (χ1v) is 12.2. The van der Waals surface area contributed by atoms with Gasteiger partial charge in [-0.3, -0.25) is 14.2 Å². The van der Waals surface area contributed by atoms with E-state index in [9.17, 15) is 14.4 Å². The monoisotopic (exact) mass is 506 g/mol. The Morgan fingerprint density at radius 1 is 1.11 bits per heavy atom. The number of hydrogen-bond donors (Lipinski definition) is 0. The Bertz CT molecular complexity index is 1550. The quantitative estimate of drug-likeness (QED) is 0.377. The molecule has 1 aromatic heterocycles. The summed E-state index contributed by atoms with van der Waals surface area (Å²) in [6.45, 7) is 6.99. The van der Waals surface area contributed by atoms with Crippen LogP contribution < -0.4 is 24.4 Å². The van der Waals surface area contributed by atoms with Crippen molar-refractivity contribution in [3.05, 3.63) is 90.1 Å². The summed E-state index contributed by atoms with van der Waals surface area (Å²) in [4.78, 5) is 43.0. The number of allylic oxidation sites excluding steroid dienone is 1. The second-order valence-corrected chi connectivity index (χ2v) is 9.23. The lowest BCUT2D eigenvalue weighted by Gasteiger charge is -2.24. The second-order valence-electron chi connectivity index (χ2n) is 8.22. The number of carbonyl (C=O) groups excluding carboxylic acids is 2. The maximum atomic E-state index is 13.7. The number of thiazole rings is 1. The van der Waals surface area contributed by atoms with Gasteiger partial charge in [0.1, 0.15) is 0 Å². The lowest BCUT2D eigenvalue weighted by atomic mass is 9.95. The van der Waals surface area contributed by atoms with Gasteiger partial charge in [0.15, 0.2) is 16.3 Å². The van der Waals surface area contributed by atoms with Crippen molar-refractivity contribution in [1.82, 2.24) is 4.57 Å². The molecule has 0 amide bonds. The van der Waals surface area contributed by atoms with E-state index in [-0.39, 0.29) is 17.9 Å². The summed E-state index contributed by atoms with van der Waals surface area (Å²) in [5.41, 5.74) is 3.11. The Labute approximate surface area is 211 Å². The van der Waals surface area contributed by atoms with Gasteiger partial charge in [-0.05, 0) is 50.1 Å². The van der Waals surface area contributed by atoms with Crippen LogP contribution in [0.4, 0.5) is 0 Å². The number of benzene rings is 2. The summed E-state index contributed by atoms with van der Waals surface area (Å²) in [6, 6.07) is 12.1. The van der Waals surface area contributed by atoms with E-state index >= 15 is 0 Å². The molecule has 4 rings (SSSR count). The van der Waals surface area contributed by atoms with E-state index in [2.05, 4.69) is 4.99 Å². The maximum Gasteiger partial charge on any atom is 0.338 e. The number of rotatable bonds is 6. The highest BCUT2D eigenvalue weighted by Crippen LogP contribution is 2.31. The van der Waals surface area contributed by atoms with Gasteiger partial charge in [0.05, 0.1) is 35.6 Å². The first-order valence-electron chi connectivity index (χ1n) is 11.4. The van der Waals surface area contributed by atoms with E-state index in [4.69, 9.17) is 14.2 Å². The molecule has 0 spiro atoms. The molecule has 0 N–H and O–H groups in total. The standard InChI is InChI=1S/C27H26N2O6S/c1-6-34-26(32)23-16(3)28-27-29(24(23)19-10-7-15(2)8-11-19)25(31)22(36-27)14-18-9-12-20(35-17(4)30)21(13-18)33-5/h7-14,24H,6H2,1-5H3. The Morgan fingerprint density at radius 3 is 2.47 bits per heavy atom. The summed E-state index contributed by atoms with van der Waals surface area (Å²) in [5, 5.41) is 0. The third-order valence-electron chi connectivity index (χ3n) is 5.65. The van der Waals surface area contributed by atoms with Crippen molar-refractivity contribution in [2.75, 3.05) is 13.7 Å². The van der Waals surface area contributed by atoms with Crippen molar-refractivity contribution in [2.45, 2.75) is 33.7 Å². The van der Waals surface area contributed by atoms with Crippen molar-refractivity contribution in [3.8, 4) is 11.5 Å². The first-order chi connectivity index (χ1) is 17.2. The molecule has 1 aliphatic rings. The zero-order valence-electron chi connectivity index (χ0n) is 20.7. The third kappa shape index (κ3) is 4.87. The lowest BCUT2D eigenvalue weighted by Crippen LogP contribution is -2.39. The minimum atomic E-state index is -0.663. The summed E-state index contributed by atoms with van der Waals surface area (Å²) in [5.74, 6) is -0.301. The Hall–Kier alpha value is -3.98. The highest BCUT2D eigenvalue weighted by molar-refractivity contribution is 7.07. The first kappa shape index (κ1) is 25.1. The van der Waals surface area contributed by atoms with E-state index in [1.165, 1.54) is 25.4 Å². The van der Waals surface area contributed by atoms with Gasteiger partial charge < -0.3 is 14.2 Å². The Kier molecular flexibility index (Phi) is 7.21. The molecule has 8 nitrogen and oxygen atoms in total. The molecule has 0 fully saturated rings. The molecule has 36 heavy (non-hydrogen) atoms. The number of ether oxygens (including phenoxy) is 3. The van der Waals surface area contributed by atoms with Gasteiger partial charge in [-0.25, -0.2) is 9.79 Å². The molecule has 1 unspecified atom stereocenters. The van der Waals surface area contributed by atoms with E-state index < -0.39 is 18.0 Å². The number of aromatic nitrogens is 1. The third-order valence-corrected chi connectivity index (χ3v) is 6.63. The summed E-state index contributed by atoms with van der Waals surface area (Å²) in [7, 11) is 1.47. The fourth-order valence-corrected chi connectivity index (χ4v) is 5.07. The highest BCUT2D eigenvalue weighted by Gasteiger charge is 2.33. The predicted molar refractivity (Wildman–Crippen MR) is 136 cm³/mol. The van der Waals surface area contributed by atoms with Crippen molar-refractivity contribution in [1.29, 1.82) is 0 Å². The normalized spacial score (nSPS) is 15.2. The van der Waals surface area contributed by atoms with Gasteiger partial charge in [-0.1, -0.05) is 47.2 Å². The van der Waals surface area contributed by atoms with E-state index in [0.29, 0.717) is 31.9 Å². The van der Waals surface area contributed by atoms with Crippen LogP contribution in [-0.2, 0) is 14.3 Å². The zero-order chi connectivity index (χ0) is 26.0. The number of methoxy groups -OCH3 is 1. The van der Waals surface area contributed by atoms with Gasteiger partial charge in [0.2, 0.25) is 0 Å². The smallest absolute Gasteiger partial charge is 0.338 e. The number of nitrogens with zero attached hydrogens (tertiary/aromatic N) is 2. The van der Waals surface area contributed by atoms with Crippen molar-refractivity contribution >= 4 is 29.4 Å². The lowest BCUT2D eigenvalue weighted by molar-refractivity contribution is -0.139. The largest absolute Gasteiger partial charge is 0.493 e. The molecule has 0 radical (unpaired) electrons. The predicted octanol–water partition coefficient (Wildman–Crippen LogP) is 3.04. The highest BCUT2D eigenvalue weighted by atomic mass is 32.1. The number of carbonyl (C=O) groups is 2. The molecule has 0 aliphatic carbocycles. The summed E-state index contributed by atoms with van der Waals surface area (Å²) >= 11 is 1.23. The van der Waals surface area contributed by atoms with Crippen LogP contribution in [0.5, 0.6) is 11.5 Å². The molecule has 0 bridgehead atoms. The van der Waals surface area contributed by atoms with Crippen LogP contribution in [0.1, 0.15) is 43.5 Å². The molecule has 3 aromatic rings. The van der Waals surface area contributed by atoms with Gasteiger partial charge in [0, 0.05) is 6.92 Å². The average Bonchev–Trinajstić information content (AvgIpc) is 3.13. The van der Waals surface area contributed by atoms with Crippen LogP contribution in [0, 0.1) is 6.92 Å². The van der Waals surface area contributed by atoms with Crippen LogP contribution in [0.3, 0.4) is 0 Å². The van der Waals surface area contributed by atoms with Crippen molar-refractivity contribution < 1.29 is 23.8 Å². The SMILES string of the molecule is CCOC(=O)C1=C(C)N=c2sc(=Cc3ccc(OC(C)=O)c(OC)c3)c(=O)n2C1c1ccc(C)cc1. The van der Waals surface area contributed by atoms with Crippen LogP contribution in [0.2, 0.25) is 0 Å². The second kappa shape index (κ2) is 10.3. The molecule has 2 aromatic carbocycles. The molecule has 1 atom stereocenters. The number of aryl methyl sites for hydroxylation is 1. The number of hydrogen-bond acceptors (Lipinski definition) is 8. The van der Waals surface area contributed by atoms with E-state index in [1.54, 1.807) is 42.7 Å². The van der Waals surface area contributed by atoms with Crippen molar-refractivity contribution in [3.63, 3.8) is 0 Å². The van der Waals surface area contributed by atoms with Gasteiger partial charge in [-0.15, -0.1) is 0 Å². The molecule has 0 saturated carbocycles. The number of esters is 2. The molecule has 2 heterocycles. The minimum absolute atomic E-state index is 0.214. The van der Waals surface area contributed by atoms with Crippen LogP contribution in [0.25, 0.3) is 6.08 Å². The van der Waals surface area contributed by atoms with Gasteiger partial charge in [-0.2, -0.15) is 0 Å². The van der Waals surface area contributed by atoms with Crippen LogP contribution >= 0.6 is 11.3 Å². The van der Waals surface area contributed by atoms with Gasteiger partial charge in [0.25, 0.3) is 5.56 Å². The molecule has 1 aliphatic heterocycles. The fraction of sp³-hybridized carbons (Fsp3) is 0.259. The fourth-order valence-electron chi connectivity index (χ4n) is 4.02. The summed E-state index contributed by atoms with van der Waals surface area (Å²) in [6.07, 6.45) is 1.72. The molecule has 0 saturated heterocycles. The number of fused-ring (bicyclic) bond motifs is 1. The maximum absolute atomic E-state index is 13.7. The van der Waals surface area contributed by atoms with Crippen LogP contribution in [-0.4, -0.2) is 30.2 Å². The molecule has 9 heteroatoms. The minimum Gasteiger partial charge on any atom is -0.493 e. The van der Waals surface area contributed by atoms with Crippen LogP contribution in [0.15, 0.2) is 63.5 Å².